The molecule has 0 saturated heterocycles. The van der Waals surface area contributed by atoms with E-state index in [9.17, 15) is 28.5 Å². The van der Waals surface area contributed by atoms with Crippen LogP contribution in [0.1, 0.15) is 104 Å². The maximum Gasteiger partial charge on any atom is 0.417 e. The molecule has 0 radical (unpaired) electrons. The zero-order valence-electron chi connectivity index (χ0n) is 23.5. The van der Waals surface area contributed by atoms with E-state index in [4.69, 9.17) is 0 Å². The summed E-state index contributed by atoms with van der Waals surface area (Å²) in [4.78, 5) is 0. The van der Waals surface area contributed by atoms with Crippen molar-refractivity contribution in [3.63, 3.8) is 0 Å². The second-order valence-corrected chi connectivity index (χ2v) is 14.4. The van der Waals surface area contributed by atoms with Crippen LogP contribution in [0.3, 0.4) is 0 Å². The Balaban J connectivity index is 1.31. The second-order valence-electron chi connectivity index (χ2n) is 14.4. The molecular weight excluding hydrogens is 489 g/mol. The molecule has 214 valence electrons. The van der Waals surface area contributed by atoms with Crippen molar-refractivity contribution < 1.29 is 28.5 Å². The van der Waals surface area contributed by atoms with E-state index in [0.29, 0.717) is 36.5 Å². The molecule has 0 aliphatic heterocycles. The number of alkyl halides is 3. The van der Waals surface area contributed by atoms with Gasteiger partial charge in [-0.3, -0.25) is 0 Å². The Bertz CT molecular complexity index is 999. The average Bonchev–Trinajstić information content (AvgIpc) is 3.21. The number of hydrogen-bond donors (Lipinski definition) is 3. The highest BCUT2D eigenvalue weighted by Gasteiger charge is 2.68. The molecular formula is C32H47F3O3. The van der Waals surface area contributed by atoms with Crippen LogP contribution in [-0.4, -0.2) is 33.2 Å². The standard InChI is InChI=1S/C32H47F3O3/c1-20(26(36)18-27(37)21-8-6-5-7-9-21)23-10-11-24-22-12-14-28(2)19-31(38,32(33,34)35)17-16-30(28,4)25(22)13-15-29(23,24)3/h5-9,20,22-27,36-38H,10-19H2,1-4H3/t20-,22-,23+,24-,25-,26-,27+,28-,29+,30+,31-/m0/s1. The van der Waals surface area contributed by atoms with Gasteiger partial charge in [0.1, 0.15) is 0 Å². The summed E-state index contributed by atoms with van der Waals surface area (Å²) >= 11 is 0. The van der Waals surface area contributed by atoms with Crippen LogP contribution in [-0.2, 0) is 0 Å². The van der Waals surface area contributed by atoms with Crippen molar-refractivity contribution in [2.75, 3.05) is 0 Å². The van der Waals surface area contributed by atoms with E-state index < -0.39 is 29.4 Å². The molecule has 0 spiro atoms. The van der Waals surface area contributed by atoms with E-state index in [2.05, 4.69) is 20.8 Å². The van der Waals surface area contributed by atoms with Gasteiger partial charge in [-0.05, 0) is 109 Å². The Morgan fingerprint density at radius 1 is 0.895 bits per heavy atom. The van der Waals surface area contributed by atoms with Crippen molar-refractivity contribution in [2.24, 2.45) is 45.8 Å². The SMILES string of the molecule is C[C@@H]([C@H]1CC[C@H]2[C@@H]3CC[C@@]4(C)C[C@](O)(C(F)(F)F)CC[C@]4(C)[C@H]3CC[C@]12C)[C@@H](O)C[C@@H](O)c1ccccc1. The molecule has 1 aromatic rings. The fourth-order valence-corrected chi connectivity index (χ4v) is 10.3. The smallest absolute Gasteiger partial charge is 0.393 e. The Labute approximate surface area is 226 Å². The first kappa shape index (κ1) is 28.4. The van der Waals surface area contributed by atoms with Crippen LogP contribution in [0.4, 0.5) is 13.2 Å². The van der Waals surface area contributed by atoms with Crippen LogP contribution in [0.25, 0.3) is 0 Å². The number of aliphatic hydroxyl groups is 3. The first-order chi connectivity index (χ1) is 17.7. The number of rotatable bonds is 5. The third-order valence-electron chi connectivity index (χ3n) is 12.9. The number of benzene rings is 1. The third kappa shape index (κ3) is 4.27. The highest BCUT2D eigenvalue weighted by Crippen LogP contribution is 2.72. The minimum absolute atomic E-state index is 0.0702. The normalized spacial score (nSPS) is 45.4. The molecule has 0 heterocycles. The molecule has 11 atom stereocenters. The summed E-state index contributed by atoms with van der Waals surface area (Å²) in [7, 11) is 0. The van der Waals surface area contributed by atoms with Crippen molar-refractivity contribution in [3.8, 4) is 0 Å². The largest absolute Gasteiger partial charge is 0.417 e. The lowest BCUT2D eigenvalue weighted by Gasteiger charge is -2.66. The van der Waals surface area contributed by atoms with Crippen LogP contribution in [0.5, 0.6) is 0 Å². The molecule has 0 amide bonds. The van der Waals surface area contributed by atoms with Gasteiger partial charge in [-0.1, -0.05) is 58.0 Å². The minimum atomic E-state index is -4.58. The zero-order chi connectivity index (χ0) is 27.7. The van der Waals surface area contributed by atoms with Gasteiger partial charge in [-0.15, -0.1) is 0 Å². The third-order valence-corrected chi connectivity index (χ3v) is 12.9. The first-order valence-corrected chi connectivity index (χ1v) is 14.9. The van der Waals surface area contributed by atoms with Gasteiger partial charge in [0.2, 0.25) is 0 Å². The van der Waals surface area contributed by atoms with Crippen LogP contribution >= 0.6 is 0 Å². The summed E-state index contributed by atoms with van der Waals surface area (Å²) in [6, 6.07) is 9.52. The Hall–Kier alpha value is -1.11. The fourth-order valence-electron chi connectivity index (χ4n) is 10.3. The fraction of sp³-hybridized carbons (Fsp3) is 0.812. The highest BCUT2D eigenvalue weighted by atomic mass is 19.4. The summed E-state index contributed by atoms with van der Waals surface area (Å²) in [5, 5.41) is 32.6. The molecule has 4 saturated carbocycles. The monoisotopic (exact) mass is 536 g/mol. The number of halogens is 3. The lowest BCUT2D eigenvalue weighted by Crippen LogP contribution is -2.63. The van der Waals surface area contributed by atoms with Gasteiger partial charge in [0.05, 0.1) is 12.2 Å². The molecule has 0 bridgehead atoms. The molecule has 6 heteroatoms. The van der Waals surface area contributed by atoms with Crippen LogP contribution in [0, 0.1) is 45.8 Å². The predicted octanol–water partition coefficient (Wildman–Crippen LogP) is 7.45. The molecule has 3 N–H and O–H groups in total. The highest BCUT2D eigenvalue weighted by molar-refractivity contribution is 5.18. The first-order valence-electron chi connectivity index (χ1n) is 14.9. The van der Waals surface area contributed by atoms with Gasteiger partial charge >= 0.3 is 6.18 Å². The van der Waals surface area contributed by atoms with Crippen LogP contribution in [0.15, 0.2) is 30.3 Å². The minimum Gasteiger partial charge on any atom is -0.393 e. The van der Waals surface area contributed by atoms with E-state index in [1.54, 1.807) is 0 Å². The topological polar surface area (TPSA) is 60.7 Å². The van der Waals surface area contributed by atoms with Gasteiger partial charge in [-0.25, -0.2) is 0 Å². The van der Waals surface area contributed by atoms with E-state index in [1.807, 2.05) is 37.3 Å². The van der Waals surface area contributed by atoms with E-state index in [0.717, 1.165) is 44.1 Å². The Morgan fingerprint density at radius 2 is 1.58 bits per heavy atom. The molecule has 5 rings (SSSR count). The molecule has 4 aliphatic rings. The molecule has 0 unspecified atom stereocenters. The lowest BCUT2D eigenvalue weighted by molar-refractivity contribution is -0.303. The van der Waals surface area contributed by atoms with Crippen molar-refractivity contribution in [1.29, 1.82) is 0 Å². The molecule has 1 aromatic carbocycles. The zero-order valence-corrected chi connectivity index (χ0v) is 23.5. The second kappa shape index (κ2) is 9.48. The number of aliphatic hydroxyl groups excluding tert-OH is 2. The summed E-state index contributed by atoms with van der Waals surface area (Å²) in [5.41, 5.74) is -2.34. The van der Waals surface area contributed by atoms with E-state index >= 15 is 0 Å². The maximum atomic E-state index is 13.8. The Kier molecular flexibility index (Phi) is 7.09. The molecule has 3 nitrogen and oxygen atoms in total. The van der Waals surface area contributed by atoms with Crippen LogP contribution < -0.4 is 0 Å². The quantitative estimate of drug-likeness (QED) is 0.366. The van der Waals surface area contributed by atoms with E-state index in [-0.39, 0.29) is 29.6 Å². The summed E-state index contributed by atoms with van der Waals surface area (Å²) in [6.07, 6.45) is 0.424. The summed E-state index contributed by atoms with van der Waals surface area (Å²) in [6.45, 7) is 8.79. The predicted molar refractivity (Wildman–Crippen MR) is 142 cm³/mol. The van der Waals surface area contributed by atoms with E-state index in [1.165, 1.54) is 0 Å². The van der Waals surface area contributed by atoms with Gasteiger partial charge in [-0.2, -0.15) is 13.2 Å². The lowest BCUT2D eigenvalue weighted by atomic mass is 9.39. The van der Waals surface area contributed by atoms with Crippen molar-refractivity contribution >= 4 is 0 Å². The van der Waals surface area contributed by atoms with Gasteiger partial charge in [0.15, 0.2) is 5.60 Å². The number of hydrogen-bond acceptors (Lipinski definition) is 3. The Morgan fingerprint density at radius 3 is 2.24 bits per heavy atom. The average molecular weight is 537 g/mol. The summed E-state index contributed by atoms with van der Waals surface area (Å²) in [5.74, 6) is 1.84. The molecule has 0 aromatic heterocycles. The molecule has 38 heavy (non-hydrogen) atoms. The van der Waals surface area contributed by atoms with Gasteiger partial charge in [0, 0.05) is 6.42 Å². The van der Waals surface area contributed by atoms with Crippen LogP contribution in [0.2, 0.25) is 0 Å². The van der Waals surface area contributed by atoms with Gasteiger partial charge in [0.25, 0.3) is 0 Å². The van der Waals surface area contributed by atoms with Crippen molar-refractivity contribution in [2.45, 2.75) is 116 Å². The molecule has 4 fully saturated rings. The maximum absolute atomic E-state index is 13.8. The number of fused-ring (bicyclic) bond motifs is 5. The summed E-state index contributed by atoms with van der Waals surface area (Å²) < 4.78 is 41.4. The molecule has 4 aliphatic carbocycles. The van der Waals surface area contributed by atoms with Crippen molar-refractivity contribution in [1.82, 2.24) is 0 Å². The van der Waals surface area contributed by atoms with Crippen molar-refractivity contribution in [3.05, 3.63) is 35.9 Å². The van der Waals surface area contributed by atoms with Gasteiger partial charge < -0.3 is 15.3 Å².